The molecule has 24 heavy (non-hydrogen) atoms. The Labute approximate surface area is 144 Å². The summed E-state index contributed by atoms with van der Waals surface area (Å²) < 4.78 is 5.16. The summed E-state index contributed by atoms with van der Waals surface area (Å²) >= 11 is 0. The highest BCUT2D eigenvalue weighted by molar-refractivity contribution is 6.03. The van der Waals surface area contributed by atoms with Crippen molar-refractivity contribution in [3.63, 3.8) is 0 Å². The number of hydrogen-bond acceptors (Lipinski definition) is 2. The van der Waals surface area contributed by atoms with Gasteiger partial charge in [0, 0.05) is 5.69 Å². The van der Waals surface area contributed by atoms with Crippen molar-refractivity contribution in [2.45, 2.75) is 26.3 Å². The van der Waals surface area contributed by atoms with Gasteiger partial charge in [-0.15, -0.1) is 6.58 Å². The van der Waals surface area contributed by atoms with Crippen molar-refractivity contribution < 1.29 is 9.53 Å². The second-order valence-corrected chi connectivity index (χ2v) is 5.43. The van der Waals surface area contributed by atoms with E-state index in [4.69, 9.17) is 4.74 Å². The molecule has 1 fully saturated rings. The fourth-order valence-electron chi connectivity index (χ4n) is 2.96. The minimum Gasteiger partial charge on any atom is -0.497 e. The lowest BCUT2D eigenvalue weighted by molar-refractivity contribution is -0.128. The molecule has 3 heteroatoms. The quantitative estimate of drug-likeness (QED) is 0.600. The van der Waals surface area contributed by atoms with E-state index in [9.17, 15) is 4.79 Å². The molecule has 3 nitrogen and oxygen atoms in total. The van der Waals surface area contributed by atoms with Gasteiger partial charge in [-0.05, 0) is 36.2 Å². The molecule has 2 aromatic rings. The van der Waals surface area contributed by atoms with Crippen molar-refractivity contribution in [1.29, 1.82) is 0 Å². The van der Waals surface area contributed by atoms with E-state index in [-0.39, 0.29) is 17.9 Å². The molecule has 0 unspecified atom stereocenters. The normalized spacial score (nSPS) is 19.0. The molecular formula is C21H25NO2. The molecule has 3 rings (SSSR count). The lowest BCUT2D eigenvalue weighted by Gasteiger charge is -2.46. The fraction of sp³-hybridized carbons (Fsp3) is 0.286. The smallest absolute Gasteiger partial charge is 0.233 e. The Balaban J connectivity index is 0.00000100. The van der Waals surface area contributed by atoms with Crippen LogP contribution in [0.4, 0.5) is 5.69 Å². The molecule has 2 aromatic carbocycles. The van der Waals surface area contributed by atoms with E-state index in [1.165, 1.54) is 5.56 Å². The highest BCUT2D eigenvalue weighted by Gasteiger charge is 2.45. The predicted molar refractivity (Wildman–Crippen MR) is 99.4 cm³/mol. The van der Waals surface area contributed by atoms with E-state index < -0.39 is 0 Å². The zero-order chi connectivity index (χ0) is 17.5. The second-order valence-electron chi connectivity index (χ2n) is 5.43. The van der Waals surface area contributed by atoms with E-state index in [1.807, 2.05) is 62.4 Å². The zero-order valence-electron chi connectivity index (χ0n) is 14.6. The van der Waals surface area contributed by atoms with Crippen LogP contribution in [-0.2, 0) is 11.2 Å². The number of nitrogens with zero attached hydrogens (tertiary/aromatic N) is 1. The summed E-state index contributed by atoms with van der Waals surface area (Å²) in [6.45, 7) is 7.90. The van der Waals surface area contributed by atoms with Crippen LogP contribution in [0.3, 0.4) is 0 Å². The summed E-state index contributed by atoms with van der Waals surface area (Å²) in [7, 11) is 1.63. The maximum Gasteiger partial charge on any atom is 0.233 e. The summed E-state index contributed by atoms with van der Waals surface area (Å²) in [5.41, 5.74) is 2.07. The Bertz CT molecular complexity index is 664. The van der Waals surface area contributed by atoms with Gasteiger partial charge in [-0.1, -0.05) is 50.3 Å². The number of anilines is 1. The molecule has 0 spiro atoms. The zero-order valence-corrected chi connectivity index (χ0v) is 14.6. The van der Waals surface area contributed by atoms with Crippen LogP contribution in [0.15, 0.2) is 67.3 Å². The number of carbonyl (C=O) groups is 1. The molecule has 1 aliphatic rings. The van der Waals surface area contributed by atoms with Gasteiger partial charge in [0.2, 0.25) is 5.91 Å². The summed E-state index contributed by atoms with van der Waals surface area (Å²) in [5.74, 6) is 0.911. The SMILES string of the molecule is C=C[C@@H]1[C@H](Cc2ccccc2)C(=O)N1c1ccc(OC)cc1.CC. The third-order valence-electron chi connectivity index (χ3n) is 4.16. The van der Waals surface area contributed by atoms with Crippen molar-refractivity contribution in [3.05, 3.63) is 72.8 Å². The van der Waals surface area contributed by atoms with Gasteiger partial charge >= 0.3 is 0 Å². The number of carbonyl (C=O) groups excluding carboxylic acids is 1. The number of β-lactam (4-membered cyclic amide) rings is 1. The van der Waals surface area contributed by atoms with E-state index in [0.29, 0.717) is 0 Å². The average Bonchev–Trinajstić information content (AvgIpc) is 2.66. The van der Waals surface area contributed by atoms with Crippen LogP contribution in [0.1, 0.15) is 19.4 Å². The van der Waals surface area contributed by atoms with E-state index in [1.54, 1.807) is 12.0 Å². The molecule has 1 amide bonds. The van der Waals surface area contributed by atoms with Gasteiger partial charge in [-0.25, -0.2) is 0 Å². The maximum atomic E-state index is 12.5. The molecule has 0 bridgehead atoms. The molecule has 1 aliphatic heterocycles. The monoisotopic (exact) mass is 323 g/mol. The molecule has 2 atom stereocenters. The lowest BCUT2D eigenvalue weighted by Crippen LogP contribution is -2.61. The average molecular weight is 323 g/mol. The van der Waals surface area contributed by atoms with Crippen LogP contribution < -0.4 is 9.64 Å². The Morgan fingerprint density at radius 1 is 1.08 bits per heavy atom. The van der Waals surface area contributed by atoms with Crippen LogP contribution in [0, 0.1) is 5.92 Å². The number of methoxy groups -OCH3 is 1. The summed E-state index contributed by atoms with van der Waals surface area (Å²) in [5, 5.41) is 0. The van der Waals surface area contributed by atoms with Gasteiger partial charge < -0.3 is 9.64 Å². The maximum absolute atomic E-state index is 12.5. The first-order valence-corrected chi connectivity index (χ1v) is 8.38. The number of rotatable bonds is 5. The third kappa shape index (κ3) is 3.51. The topological polar surface area (TPSA) is 29.5 Å². The Morgan fingerprint density at radius 2 is 1.71 bits per heavy atom. The minimum atomic E-state index is -0.0259. The van der Waals surface area contributed by atoms with E-state index in [0.717, 1.165) is 17.9 Å². The van der Waals surface area contributed by atoms with Gasteiger partial charge in [0.05, 0.1) is 19.1 Å². The number of amides is 1. The fourth-order valence-corrected chi connectivity index (χ4v) is 2.96. The van der Waals surface area contributed by atoms with E-state index in [2.05, 4.69) is 18.7 Å². The first-order valence-electron chi connectivity index (χ1n) is 8.38. The predicted octanol–water partition coefficient (Wildman–Crippen LogP) is 4.48. The lowest BCUT2D eigenvalue weighted by atomic mass is 9.82. The number of hydrogen-bond donors (Lipinski definition) is 0. The van der Waals surface area contributed by atoms with Gasteiger partial charge in [-0.3, -0.25) is 4.79 Å². The Hall–Kier alpha value is -2.55. The molecular weight excluding hydrogens is 298 g/mol. The third-order valence-corrected chi connectivity index (χ3v) is 4.16. The summed E-state index contributed by atoms with van der Waals surface area (Å²) in [6.07, 6.45) is 2.61. The first-order chi connectivity index (χ1) is 11.7. The first kappa shape index (κ1) is 17.8. The van der Waals surface area contributed by atoms with Crippen molar-refractivity contribution >= 4 is 11.6 Å². The van der Waals surface area contributed by atoms with Crippen molar-refractivity contribution in [1.82, 2.24) is 0 Å². The molecule has 0 saturated carbocycles. The Kier molecular flexibility index (Phi) is 6.19. The van der Waals surface area contributed by atoms with Gasteiger partial charge in [0.25, 0.3) is 0 Å². The van der Waals surface area contributed by atoms with Crippen LogP contribution in [0.2, 0.25) is 0 Å². The summed E-state index contributed by atoms with van der Waals surface area (Å²) in [4.78, 5) is 14.3. The van der Waals surface area contributed by atoms with Crippen LogP contribution in [-0.4, -0.2) is 19.1 Å². The molecule has 0 aliphatic carbocycles. The molecule has 1 heterocycles. The standard InChI is InChI=1S/C19H19NO2.C2H6/c1-3-18-17(13-14-7-5-4-6-8-14)19(21)20(18)15-9-11-16(22-2)12-10-15;1-2/h3-12,17-18H,1,13H2,2H3;1-2H3/t17-,18+;/m0./s1. The van der Waals surface area contributed by atoms with Crippen molar-refractivity contribution in [3.8, 4) is 5.75 Å². The highest BCUT2D eigenvalue weighted by Crippen LogP contribution is 2.36. The molecule has 1 saturated heterocycles. The van der Waals surface area contributed by atoms with E-state index >= 15 is 0 Å². The van der Waals surface area contributed by atoms with Crippen molar-refractivity contribution in [2.24, 2.45) is 5.92 Å². The number of ether oxygens (including phenoxy) is 1. The minimum absolute atomic E-state index is 0.0259. The van der Waals surface area contributed by atoms with Crippen LogP contribution >= 0.6 is 0 Å². The van der Waals surface area contributed by atoms with Crippen molar-refractivity contribution in [2.75, 3.05) is 12.0 Å². The Morgan fingerprint density at radius 3 is 2.25 bits per heavy atom. The van der Waals surface area contributed by atoms with Crippen LogP contribution in [0.5, 0.6) is 5.75 Å². The van der Waals surface area contributed by atoms with Gasteiger partial charge in [-0.2, -0.15) is 0 Å². The molecule has 0 aromatic heterocycles. The van der Waals surface area contributed by atoms with Crippen LogP contribution in [0.25, 0.3) is 0 Å². The molecule has 0 N–H and O–H groups in total. The second kappa shape index (κ2) is 8.34. The van der Waals surface area contributed by atoms with Gasteiger partial charge in [0.1, 0.15) is 5.75 Å². The largest absolute Gasteiger partial charge is 0.497 e. The molecule has 126 valence electrons. The highest BCUT2D eigenvalue weighted by atomic mass is 16.5. The van der Waals surface area contributed by atoms with Gasteiger partial charge in [0.15, 0.2) is 0 Å². The number of benzene rings is 2. The summed E-state index contributed by atoms with van der Waals surface area (Å²) in [6, 6.07) is 17.7. The molecule has 0 radical (unpaired) electrons.